The van der Waals surface area contributed by atoms with E-state index >= 15 is 0 Å². The van der Waals surface area contributed by atoms with Crippen LogP contribution < -0.4 is 4.74 Å². The van der Waals surface area contributed by atoms with E-state index in [1.807, 2.05) is 68.6 Å². The number of carbonyl (C=O) groups excluding carboxylic acids is 1. The fraction of sp³-hybridized carbons (Fsp3) is 0.227. The normalized spacial score (nSPS) is 12.0. The van der Waals surface area contributed by atoms with Gasteiger partial charge in [0.2, 0.25) is 5.91 Å². The Labute approximate surface area is 162 Å². The summed E-state index contributed by atoms with van der Waals surface area (Å²) in [5.74, 6) is 0.741. The predicted octanol–water partition coefficient (Wildman–Crippen LogP) is 5.37. The molecule has 134 valence electrons. The number of halogens is 1. The molecule has 0 bridgehead atoms. The van der Waals surface area contributed by atoms with Crippen molar-refractivity contribution in [3.05, 3.63) is 76.3 Å². The van der Waals surface area contributed by atoms with Crippen LogP contribution in [-0.4, -0.2) is 25.0 Å². The molecule has 0 aliphatic heterocycles. The largest absolute Gasteiger partial charge is 0.497 e. The van der Waals surface area contributed by atoms with Crippen LogP contribution >= 0.6 is 15.9 Å². The van der Waals surface area contributed by atoms with Gasteiger partial charge in [0.05, 0.1) is 13.0 Å². The van der Waals surface area contributed by atoms with Gasteiger partial charge in [0.15, 0.2) is 0 Å². The summed E-state index contributed by atoms with van der Waals surface area (Å²) in [5.41, 5.74) is 2.12. The molecular formula is C22H22BrNO2. The standard InChI is InChI=1S/C22H22BrNO2/c1-15(22(25)24(2)14-19-6-4-5-7-21(19)23)16-8-9-18-13-20(26-3)11-10-17(18)12-16/h4-13,15H,14H2,1-3H3/t15-/m1/s1. The number of hydrogen-bond donors (Lipinski definition) is 0. The lowest BCUT2D eigenvalue weighted by Crippen LogP contribution is -2.30. The Balaban J connectivity index is 1.79. The Morgan fingerprint density at radius 3 is 2.50 bits per heavy atom. The van der Waals surface area contributed by atoms with Gasteiger partial charge in [0.1, 0.15) is 5.75 Å². The van der Waals surface area contributed by atoms with Crippen molar-refractivity contribution in [3.8, 4) is 5.75 Å². The lowest BCUT2D eigenvalue weighted by Gasteiger charge is -2.22. The highest BCUT2D eigenvalue weighted by atomic mass is 79.9. The Hall–Kier alpha value is -2.33. The molecule has 1 amide bonds. The van der Waals surface area contributed by atoms with Crippen LogP contribution in [0.15, 0.2) is 65.1 Å². The van der Waals surface area contributed by atoms with Crippen LogP contribution in [0.3, 0.4) is 0 Å². The minimum absolute atomic E-state index is 0.105. The van der Waals surface area contributed by atoms with Crippen LogP contribution in [0.1, 0.15) is 24.0 Å². The third-order valence-corrected chi connectivity index (χ3v) is 5.46. The summed E-state index contributed by atoms with van der Waals surface area (Å²) in [6.45, 7) is 2.54. The molecule has 4 heteroatoms. The monoisotopic (exact) mass is 411 g/mol. The molecule has 0 aliphatic carbocycles. The maximum atomic E-state index is 12.9. The molecule has 3 rings (SSSR count). The van der Waals surface area contributed by atoms with Gasteiger partial charge in [-0.3, -0.25) is 4.79 Å². The molecule has 0 aliphatic rings. The van der Waals surface area contributed by atoms with Crippen LogP contribution in [0.25, 0.3) is 10.8 Å². The van der Waals surface area contributed by atoms with Crippen molar-refractivity contribution in [2.45, 2.75) is 19.4 Å². The maximum Gasteiger partial charge on any atom is 0.229 e. The summed E-state index contributed by atoms with van der Waals surface area (Å²) in [6, 6.07) is 20.1. The van der Waals surface area contributed by atoms with Crippen molar-refractivity contribution in [2.75, 3.05) is 14.2 Å². The molecule has 0 saturated heterocycles. The second-order valence-electron chi connectivity index (χ2n) is 6.48. The lowest BCUT2D eigenvalue weighted by molar-refractivity contribution is -0.131. The van der Waals surface area contributed by atoms with E-state index in [1.54, 1.807) is 12.0 Å². The second kappa shape index (κ2) is 7.92. The molecule has 3 aromatic carbocycles. The lowest BCUT2D eigenvalue weighted by atomic mass is 9.96. The molecular weight excluding hydrogens is 390 g/mol. The van der Waals surface area contributed by atoms with E-state index in [0.717, 1.165) is 32.1 Å². The van der Waals surface area contributed by atoms with Crippen molar-refractivity contribution in [1.29, 1.82) is 0 Å². The molecule has 0 fully saturated rings. The van der Waals surface area contributed by atoms with Gasteiger partial charge >= 0.3 is 0 Å². The molecule has 0 saturated carbocycles. The average Bonchev–Trinajstić information content (AvgIpc) is 2.67. The predicted molar refractivity (Wildman–Crippen MR) is 110 cm³/mol. The van der Waals surface area contributed by atoms with E-state index in [9.17, 15) is 4.79 Å². The van der Waals surface area contributed by atoms with Crippen molar-refractivity contribution in [3.63, 3.8) is 0 Å². The summed E-state index contributed by atoms with van der Waals surface area (Å²) in [7, 11) is 3.52. The average molecular weight is 412 g/mol. The van der Waals surface area contributed by atoms with E-state index in [-0.39, 0.29) is 11.8 Å². The van der Waals surface area contributed by atoms with Crippen LogP contribution in [0.4, 0.5) is 0 Å². The summed E-state index contributed by atoms with van der Waals surface area (Å²) in [6.07, 6.45) is 0. The number of likely N-dealkylation sites (N-methyl/N-ethyl adjacent to an activating group) is 1. The number of methoxy groups -OCH3 is 1. The Morgan fingerprint density at radius 2 is 1.77 bits per heavy atom. The van der Waals surface area contributed by atoms with Gasteiger partial charge in [-0.05, 0) is 47.0 Å². The van der Waals surface area contributed by atoms with E-state index in [2.05, 4.69) is 22.0 Å². The smallest absolute Gasteiger partial charge is 0.229 e. The zero-order chi connectivity index (χ0) is 18.7. The summed E-state index contributed by atoms with van der Waals surface area (Å²) < 4.78 is 6.29. The first kappa shape index (κ1) is 18.5. The second-order valence-corrected chi connectivity index (χ2v) is 7.33. The Bertz CT molecular complexity index is 938. The summed E-state index contributed by atoms with van der Waals surface area (Å²) >= 11 is 3.55. The number of carbonyl (C=O) groups is 1. The van der Waals surface area contributed by atoms with Gasteiger partial charge in [-0.2, -0.15) is 0 Å². The zero-order valence-electron chi connectivity index (χ0n) is 15.2. The highest BCUT2D eigenvalue weighted by Crippen LogP contribution is 2.26. The zero-order valence-corrected chi connectivity index (χ0v) is 16.8. The van der Waals surface area contributed by atoms with Gasteiger partial charge in [0.25, 0.3) is 0 Å². The molecule has 3 nitrogen and oxygen atoms in total. The molecule has 0 heterocycles. The third kappa shape index (κ3) is 3.91. The molecule has 3 aromatic rings. The van der Waals surface area contributed by atoms with Crippen LogP contribution in [-0.2, 0) is 11.3 Å². The maximum absolute atomic E-state index is 12.9. The SMILES string of the molecule is COc1ccc2cc([C@@H](C)C(=O)N(C)Cc3ccccc3Br)ccc2c1. The topological polar surface area (TPSA) is 29.5 Å². The Morgan fingerprint density at radius 1 is 1.08 bits per heavy atom. The van der Waals surface area contributed by atoms with Gasteiger partial charge in [-0.25, -0.2) is 0 Å². The first-order chi connectivity index (χ1) is 12.5. The van der Waals surface area contributed by atoms with Gasteiger partial charge in [0, 0.05) is 18.1 Å². The van der Waals surface area contributed by atoms with Gasteiger partial charge < -0.3 is 9.64 Å². The fourth-order valence-electron chi connectivity index (χ4n) is 3.07. The number of ether oxygens (including phenoxy) is 1. The molecule has 0 spiro atoms. The first-order valence-electron chi connectivity index (χ1n) is 8.55. The van der Waals surface area contributed by atoms with Crippen molar-refractivity contribution in [2.24, 2.45) is 0 Å². The van der Waals surface area contributed by atoms with E-state index < -0.39 is 0 Å². The molecule has 0 aromatic heterocycles. The third-order valence-electron chi connectivity index (χ3n) is 4.68. The number of nitrogens with zero attached hydrogens (tertiary/aromatic N) is 1. The fourth-order valence-corrected chi connectivity index (χ4v) is 3.48. The number of benzene rings is 3. The molecule has 0 unspecified atom stereocenters. The number of fused-ring (bicyclic) bond motifs is 1. The molecule has 0 radical (unpaired) electrons. The number of hydrogen-bond acceptors (Lipinski definition) is 2. The highest BCUT2D eigenvalue weighted by molar-refractivity contribution is 9.10. The van der Waals surface area contributed by atoms with Crippen molar-refractivity contribution in [1.82, 2.24) is 4.90 Å². The minimum atomic E-state index is -0.200. The summed E-state index contributed by atoms with van der Waals surface area (Å²) in [5, 5.41) is 2.21. The minimum Gasteiger partial charge on any atom is -0.497 e. The van der Waals surface area contributed by atoms with Crippen molar-refractivity contribution >= 4 is 32.6 Å². The van der Waals surface area contributed by atoms with E-state index in [0.29, 0.717) is 6.54 Å². The van der Waals surface area contributed by atoms with E-state index in [4.69, 9.17) is 4.74 Å². The van der Waals surface area contributed by atoms with Crippen molar-refractivity contribution < 1.29 is 9.53 Å². The van der Waals surface area contributed by atoms with Crippen LogP contribution in [0, 0.1) is 0 Å². The van der Waals surface area contributed by atoms with Crippen LogP contribution in [0.2, 0.25) is 0 Å². The highest BCUT2D eigenvalue weighted by Gasteiger charge is 2.20. The number of rotatable bonds is 5. The molecule has 0 N–H and O–H groups in total. The van der Waals surface area contributed by atoms with Gasteiger partial charge in [-0.1, -0.05) is 58.4 Å². The summed E-state index contributed by atoms with van der Waals surface area (Å²) in [4.78, 5) is 14.7. The Kier molecular flexibility index (Phi) is 5.62. The molecule has 1 atom stereocenters. The van der Waals surface area contributed by atoms with Crippen LogP contribution in [0.5, 0.6) is 5.75 Å². The van der Waals surface area contributed by atoms with Gasteiger partial charge in [-0.15, -0.1) is 0 Å². The quantitative estimate of drug-likeness (QED) is 0.564. The first-order valence-corrected chi connectivity index (χ1v) is 9.35. The number of amides is 1. The van der Waals surface area contributed by atoms with E-state index in [1.165, 1.54) is 0 Å². The molecule has 26 heavy (non-hydrogen) atoms.